The van der Waals surface area contributed by atoms with Crippen LogP contribution in [0.4, 0.5) is 0 Å². The summed E-state index contributed by atoms with van der Waals surface area (Å²) in [6, 6.07) is 8.31. The molecule has 1 aromatic heterocycles. The summed E-state index contributed by atoms with van der Waals surface area (Å²) in [7, 11) is 0. The van der Waals surface area contributed by atoms with Gasteiger partial charge in [-0.2, -0.15) is 5.26 Å². The lowest BCUT2D eigenvalue weighted by molar-refractivity contribution is -0.122. The van der Waals surface area contributed by atoms with Crippen LogP contribution in [0, 0.1) is 11.3 Å². The molecule has 2 amide bonds. The molecule has 4 rings (SSSR count). The van der Waals surface area contributed by atoms with Crippen molar-refractivity contribution in [3.63, 3.8) is 0 Å². The maximum absolute atomic E-state index is 12.7. The van der Waals surface area contributed by atoms with Gasteiger partial charge in [-0.3, -0.25) is 9.59 Å². The second kappa shape index (κ2) is 10.7. The highest BCUT2D eigenvalue weighted by atomic mass is 16.5. The van der Waals surface area contributed by atoms with Crippen molar-refractivity contribution in [2.75, 3.05) is 13.2 Å². The summed E-state index contributed by atoms with van der Waals surface area (Å²) in [6.07, 6.45) is 10.7. The number of para-hydroxylation sites is 1. The van der Waals surface area contributed by atoms with Gasteiger partial charge in [0.05, 0.1) is 11.6 Å². The van der Waals surface area contributed by atoms with Gasteiger partial charge in [0.1, 0.15) is 18.2 Å². The van der Waals surface area contributed by atoms with Crippen LogP contribution in [-0.4, -0.2) is 41.7 Å². The van der Waals surface area contributed by atoms with E-state index >= 15 is 0 Å². The van der Waals surface area contributed by atoms with E-state index in [0.717, 1.165) is 73.6 Å². The normalized spacial score (nSPS) is 19.0. The number of ether oxygens (including phenoxy) is 1. The average Bonchev–Trinajstić information content (AvgIpc) is 3.58. The van der Waals surface area contributed by atoms with Crippen LogP contribution in [0.25, 0.3) is 17.0 Å². The molecule has 0 bridgehead atoms. The lowest BCUT2D eigenvalue weighted by Crippen LogP contribution is -2.35. The number of nitrogens with zero attached hydrogens (tertiary/aromatic N) is 2. The van der Waals surface area contributed by atoms with Crippen molar-refractivity contribution < 1.29 is 14.3 Å². The number of aryl methyl sites for hydroxylation is 1. The number of amides is 2. The molecule has 0 spiro atoms. The Kier molecular flexibility index (Phi) is 7.46. The monoisotopic (exact) mass is 448 g/mol. The molecule has 1 saturated heterocycles. The Morgan fingerprint density at radius 2 is 2.06 bits per heavy atom. The number of carbonyl (C=O) groups is 2. The molecule has 174 valence electrons. The van der Waals surface area contributed by atoms with E-state index in [1.54, 1.807) is 6.08 Å². The van der Waals surface area contributed by atoms with Gasteiger partial charge in [-0.1, -0.05) is 38.0 Å². The molecule has 2 aliphatic rings. The number of benzene rings is 1. The van der Waals surface area contributed by atoms with E-state index in [0.29, 0.717) is 6.54 Å². The Morgan fingerprint density at radius 3 is 2.76 bits per heavy atom. The maximum Gasteiger partial charge on any atom is 0.262 e. The molecule has 33 heavy (non-hydrogen) atoms. The van der Waals surface area contributed by atoms with Gasteiger partial charge in [-0.25, -0.2) is 0 Å². The first-order chi connectivity index (χ1) is 16.1. The lowest BCUT2D eigenvalue weighted by atomic mass is 10.1. The topological polar surface area (TPSA) is 96.2 Å². The number of nitrogens with one attached hydrogen (secondary N) is 2. The number of aromatic nitrogens is 1. The third-order valence-corrected chi connectivity index (χ3v) is 6.61. The number of rotatable bonds is 8. The lowest BCUT2D eigenvalue weighted by Gasteiger charge is -2.13. The first-order valence-electron chi connectivity index (χ1n) is 12.0. The molecule has 2 fully saturated rings. The highest BCUT2D eigenvalue weighted by molar-refractivity contribution is 6.04. The summed E-state index contributed by atoms with van der Waals surface area (Å²) in [4.78, 5) is 25.4. The zero-order chi connectivity index (χ0) is 23.2. The molecule has 2 aromatic rings. The molecule has 1 aromatic carbocycles. The van der Waals surface area contributed by atoms with Crippen LogP contribution >= 0.6 is 0 Å². The first-order valence-corrected chi connectivity index (χ1v) is 12.0. The summed E-state index contributed by atoms with van der Waals surface area (Å²) >= 11 is 0. The standard InChI is InChI=1S/C26H32N4O3/c1-2-18-7-5-11-23-20(13-19(14-27)26(32)28-15-22-10-6-12-33-22)16-30(25(18)23)17-24(31)29-21-8-3-4-9-21/h5,7,11,13,16,21-22H,2-4,6,8-10,12,15,17H2,1H3,(H,28,32)(H,29,31)/b19-13+/t22-/m1/s1. The van der Waals surface area contributed by atoms with Gasteiger partial charge in [-0.05, 0) is 43.7 Å². The van der Waals surface area contributed by atoms with Crippen molar-refractivity contribution >= 4 is 28.8 Å². The predicted molar refractivity (Wildman–Crippen MR) is 127 cm³/mol. The average molecular weight is 449 g/mol. The second-order valence-corrected chi connectivity index (χ2v) is 8.94. The van der Waals surface area contributed by atoms with E-state index in [2.05, 4.69) is 23.6 Å². The second-order valence-electron chi connectivity index (χ2n) is 8.94. The minimum Gasteiger partial charge on any atom is -0.376 e. The minimum atomic E-state index is -0.403. The highest BCUT2D eigenvalue weighted by Gasteiger charge is 2.20. The number of hydrogen-bond acceptors (Lipinski definition) is 4. The summed E-state index contributed by atoms with van der Waals surface area (Å²) in [5.41, 5.74) is 2.91. The fraction of sp³-hybridized carbons (Fsp3) is 0.500. The van der Waals surface area contributed by atoms with Crippen LogP contribution in [0.2, 0.25) is 0 Å². The highest BCUT2D eigenvalue weighted by Crippen LogP contribution is 2.27. The first kappa shape index (κ1) is 23.1. The molecule has 2 N–H and O–H groups in total. The van der Waals surface area contributed by atoms with Gasteiger partial charge in [0.15, 0.2) is 0 Å². The molecule has 1 saturated carbocycles. The van der Waals surface area contributed by atoms with Gasteiger partial charge in [0.25, 0.3) is 5.91 Å². The number of nitriles is 1. The molecule has 1 atom stereocenters. The summed E-state index contributed by atoms with van der Waals surface area (Å²) < 4.78 is 7.50. The Hall–Kier alpha value is -3.11. The van der Waals surface area contributed by atoms with Crippen molar-refractivity contribution in [3.05, 3.63) is 41.1 Å². The molecular formula is C26H32N4O3. The Balaban J connectivity index is 1.58. The van der Waals surface area contributed by atoms with Gasteiger partial charge in [0, 0.05) is 36.3 Å². The zero-order valence-corrected chi connectivity index (χ0v) is 19.2. The quantitative estimate of drug-likeness (QED) is 0.477. The van der Waals surface area contributed by atoms with Gasteiger partial charge in [0.2, 0.25) is 5.91 Å². The largest absolute Gasteiger partial charge is 0.376 e. The minimum absolute atomic E-state index is 0.00458. The van der Waals surface area contributed by atoms with E-state index in [4.69, 9.17) is 4.74 Å². The summed E-state index contributed by atoms with van der Waals surface area (Å²) in [5.74, 6) is -0.408. The Bertz CT molecular complexity index is 1080. The maximum atomic E-state index is 12.7. The third kappa shape index (κ3) is 5.45. The van der Waals surface area contributed by atoms with Crippen LogP contribution in [-0.2, 0) is 27.3 Å². The number of hydrogen-bond donors (Lipinski definition) is 2. The van der Waals surface area contributed by atoms with Crippen LogP contribution in [0.5, 0.6) is 0 Å². The van der Waals surface area contributed by atoms with Gasteiger partial charge in [-0.15, -0.1) is 0 Å². The van der Waals surface area contributed by atoms with Crippen LogP contribution in [0.1, 0.15) is 56.6 Å². The Morgan fingerprint density at radius 1 is 1.24 bits per heavy atom. The van der Waals surface area contributed by atoms with Crippen molar-refractivity contribution in [1.29, 1.82) is 5.26 Å². The molecule has 0 radical (unpaired) electrons. The van der Waals surface area contributed by atoms with Crippen molar-refractivity contribution in [3.8, 4) is 6.07 Å². The zero-order valence-electron chi connectivity index (χ0n) is 19.2. The van der Waals surface area contributed by atoms with E-state index in [-0.39, 0.29) is 30.2 Å². The van der Waals surface area contributed by atoms with E-state index in [1.807, 2.05) is 29.0 Å². The van der Waals surface area contributed by atoms with Crippen molar-refractivity contribution in [2.45, 2.75) is 70.6 Å². The molecule has 7 nitrogen and oxygen atoms in total. The third-order valence-electron chi connectivity index (χ3n) is 6.61. The fourth-order valence-corrected chi connectivity index (χ4v) is 4.90. The van der Waals surface area contributed by atoms with Gasteiger partial charge >= 0.3 is 0 Å². The van der Waals surface area contributed by atoms with E-state index in [9.17, 15) is 14.9 Å². The van der Waals surface area contributed by atoms with Crippen LogP contribution in [0.15, 0.2) is 30.0 Å². The Labute approximate surface area is 194 Å². The summed E-state index contributed by atoms with van der Waals surface area (Å²) in [5, 5.41) is 16.6. The molecular weight excluding hydrogens is 416 g/mol. The number of fused-ring (bicyclic) bond motifs is 1. The SMILES string of the molecule is CCc1cccc2c(/C=C(\C#N)C(=O)NC[C@H]3CCCO3)cn(CC(=O)NC3CCCC3)c12. The van der Waals surface area contributed by atoms with E-state index in [1.165, 1.54) is 0 Å². The van der Waals surface area contributed by atoms with Crippen molar-refractivity contribution in [1.82, 2.24) is 15.2 Å². The molecule has 2 heterocycles. The van der Waals surface area contributed by atoms with Crippen LogP contribution < -0.4 is 10.6 Å². The van der Waals surface area contributed by atoms with E-state index < -0.39 is 5.91 Å². The van der Waals surface area contributed by atoms with Gasteiger partial charge < -0.3 is 19.9 Å². The molecule has 1 aliphatic heterocycles. The molecule has 1 aliphatic carbocycles. The smallest absolute Gasteiger partial charge is 0.262 e. The predicted octanol–water partition coefficient (Wildman–Crippen LogP) is 3.46. The number of carbonyl (C=O) groups excluding carboxylic acids is 2. The summed E-state index contributed by atoms with van der Waals surface area (Å²) in [6.45, 7) is 3.42. The van der Waals surface area contributed by atoms with Crippen molar-refractivity contribution in [2.24, 2.45) is 0 Å². The fourth-order valence-electron chi connectivity index (χ4n) is 4.90. The molecule has 7 heteroatoms. The van der Waals surface area contributed by atoms with Crippen LogP contribution in [0.3, 0.4) is 0 Å². The molecule has 0 unspecified atom stereocenters.